The lowest BCUT2D eigenvalue weighted by atomic mass is 10.0. The number of hydrogen-bond donors (Lipinski definition) is 1. The lowest BCUT2D eigenvalue weighted by Crippen LogP contribution is -2.09. The van der Waals surface area contributed by atoms with E-state index in [2.05, 4.69) is 0 Å². The van der Waals surface area contributed by atoms with Crippen LogP contribution in [0.1, 0.15) is 21.5 Å². The highest BCUT2D eigenvalue weighted by atomic mass is 35.5. The molecular weight excluding hydrogens is 247 g/mol. The Morgan fingerprint density at radius 1 is 1.44 bits per heavy atom. The molecule has 16 heavy (non-hydrogen) atoms. The van der Waals surface area contributed by atoms with Crippen LogP contribution in [0.25, 0.3) is 0 Å². The second-order valence-corrected chi connectivity index (χ2v) is 3.20. The van der Waals surface area contributed by atoms with E-state index in [1.165, 1.54) is 6.07 Å². The molecule has 1 N–H and O–H groups in total. The van der Waals surface area contributed by atoms with Crippen molar-refractivity contribution in [3.63, 3.8) is 0 Å². The number of rotatable bonds is 1. The van der Waals surface area contributed by atoms with Gasteiger partial charge in [-0.05, 0) is 12.1 Å². The van der Waals surface area contributed by atoms with E-state index in [4.69, 9.17) is 22.0 Å². The van der Waals surface area contributed by atoms with Gasteiger partial charge in [-0.25, -0.2) is 4.79 Å². The molecule has 3 nitrogen and oxygen atoms in total. The Morgan fingerprint density at radius 3 is 2.38 bits per heavy atom. The van der Waals surface area contributed by atoms with Crippen LogP contribution in [0.3, 0.4) is 0 Å². The minimum atomic E-state index is -4.67. The molecule has 0 bridgehead atoms. The van der Waals surface area contributed by atoms with Gasteiger partial charge in [0.25, 0.3) is 0 Å². The third-order valence-corrected chi connectivity index (χ3v) is 2.05. The van der Waals surface area contributed by atoms with Crippen LogP contribution in [0, 0.1) is 11.3 Å². The standard InChI is InChI=1S/C9H3ClF3NO2/c10-6-2-5(9(11,12)13)1-4(3-14)7(6)8(15)16/h1-2H,(H,15,16). The molecule has 0 aliphatic carbocycles. The molecule has 0 amide bonds. The van der Waals surface area contributed by atoms with E-state index in [1.54, 1.807) is 0 Å². The van der Waals surface area contributed by atoms with Crippen molar-refractivity contribution in [1.82, 2.24) is 0 Å². The fourth-order valence-corrected chi connectivity index (χ4v) is 1.38. The van der Waals surface area contributed by atoms with E-state index >= 15 is 0 Å². The van der Waals surface area contributed by atoms with Gasteiger partial charge in [-0.15, -0.1) is 0 Å². The molecule has 0 radical (unpaired) electrons. The molecule has 0 saturated heterocycles. The second kappa shape index (κ2) is 4.02. The van der Waals surface area contributed by atoms with Crippen molar-refractivity contribution in [3.05, 3.63) is 33.8 Å². The van der Waals surface area contributed by atoms with Crippen LogP contribution in [0.15, 0.2) is 12.1 Å². The summed E-state index contributed by atoms with van der Waals surface area (Å²) in [4.78, 5) is 10.6. The van der Waals surface area contributed by atoms with Crippen molar-refractivity contribution in [1.29, 1.82) is 5.26 Å². The van der Waals surface area contributed by atoms with Crippen molar-refractivity contribution < 1.29 is 23.1 Å². The predicted octanol–water partition coefficient (Wildman–Crippen LogP) is 2.93. The number of aromatic carboxylic acids is 1. The first-order valence-electron chi connectivity index (χ1n) is 3.81. The van der Waals surface area contributed by atoms with E-state index in [-0.39, 0.29) is 0 Å². The molecule has 7 heteroatoms. The number of hydrogen-bond acceptors (Lipinski definition) is 2. The van der Waals surface area contributed by atoms with Crippen LogP contribution in [0.4, 0.5) is 13.2 Å². The maximum atomic E-state index is 12.3. The maximum Gasteiger partial charge on any atom is 0.416 e. The first kappa shape index (κ1) is 12.3. The Balaban J connectivity index is 3.52. The fourth-order valence-electron chi connectivity index (χ4n) is 1.08. The SMILES string of the molecule is N#Cc1cc(C(F)(F)F)cc(Cl)c1C(=O)O. The Kier molecular flexibility index (Phi) is 3.10. The normalized spacial score (nSPS) is 10.9. The number of carboxylic acid groups (broad SMARTS) is 1. The first-order valence-corrected chi connectivity index (χ1v) is 4.19. The molecule has 0 spiro atoms. The minimum absolute atomic E-state index is 0.454. The first-order chi connectivity index (χ1) is 7.27. The molecule has 1 aromatic carbocycles. The summed E-state index contributed by atoms with van der Waals surface area (Å²) in [6.07, 6.45) is -4.67. The highest BCUT2D eigenvalue weighted by Crippen LogP contribution is 2.33. The van der Waals surface area contributed by atoms with Crippen molar-refractivity contribution in [2.45, 2.75) is 6.18 Å². The molecule has 0 aliphatic heterocycles. The summed E-state index contributed by atoms with van der Waals surface area (Å²) < 4.78 is 36.9. The number of carboxylic acids is 1. The molecule has 84 valence electrons. The van der Waals surface area contributed by atoms with Gasteiger partial charge in [-0.3, -0.25) is 0 Å². The van der Waals surface area contributed by atoms with Crippen LogP contribution >= 0.6 is 11.6 Å². The van der Waals surface area contributed by atoms with Gasteiger partial charge in [0, 0.05) is 0 Å². The molecule has 1 rings (SSSR count). The summed E-state index contributed by atoms with van der Waals surface area (Å²) in [6, 6.07) is 2.30. The number of carbonyl (C=O) groups is 1. The molecule has 0 aromatic heterocycles. The number of nitriles is 1. The van der Waals surface area contributed by atoms with Crippen molar-refractivity contribution in [2.24, 2.45) is 0 Å². The lowest BCUT2D eigenvalue weighted by Gasteiger charge is -2.09. The van der Waals surface area contributed by atoms with E-state index in [1.807, 2.05) is 0 Å². The van der Waals surface area contributed by atoms with Gasteiger partial charge in [0.15, 0.2) is 0 Å². The summed E-state index contributed by atoms with van der Waals surface area (Å²) in [5.74, 6) is -1.55. The number of benzene rings is 1. The second-order valence-electron chi connectivity index (χ2n) is 2.80. The molecule has 1 aromatic rings. The smallest absolute Gasteiger partial charge is 0.416 e. The molecule has 0 heterocycles. The van der Waals surface area contributed by atoms with Crippen molar-refractivity contribution >= 4 is 17.6 Å². The summed E-state index contributed by atoms with van der Waals surface area (Å²) in [7, 11) is 0. The van der Waals surface area contributed by atoms with Crippen LogP contribution in [0.2, 0.25) is 5.02 Å². The number of alkyl halides is 3. The third-order valence-electron chi connectivity index (χ3n) is 1.75. The molecule has 0 fully saturated rings. The van der Waals surface area contributed by atoms with Crippen LogP contribution in [0.5, 0.6) is 0 Å². The topological polar surface area (TPSA) is 61.1 Å². The highest BCUT2D eigenvalue weighted by Gasteiger charge is 2.32. The van der Waals surface area contributed by atoms with Crippen molar-refractivity contribution in [3.8, 4) is 6.07 Å². The summed E-state index contributed by atoms with van der Waals surface area (Å²) in [5.41, 5.74) is -2.40. The average Bonchev–Trinajstić information content (AvgIpc) is 2.14. The zero-order chi connectivity index (χ0) is 12.5. The number of nitrogens with zero attached hydrogens (tertiary/aromatic N) is 1. The third kappa shape index (κ3) is 2.25. The highest BCUT2D eigenvalue weighted by molar-refractivity contribution is 6.33. The van der Waals surface area contributed by atoms with E-state index in [9.17, 15) is 18.0 Å². The Labute approximate surface area is 92.7 Å². The average molecular weight is 250 g/mol. The van der Waals surface area contributed by atoms with Gasteiger partial charge in [0.05, 0.1) is 21.7 Å². The molecule has 0 unspecified atom stereocenters. The maximum absolute atomic E-state index is 12.3. The van der Waals surface area contributed by atoms with Gasteiger partial charge in [-0.2, -0.15) is 18.4 Å². The molecular formula is C9H3ClF3NO2. The molecule has 0 aliphatic rings. The fraction of sp³-hybridized carbons (Fsp3) is 0.111. The predicted molar refractivity (Wildman–Crippen MR) is 48.1 cm³/mol. The Bertz CT molecular complexity index is 491. The minimum Gasteiger partial charge on any atom is -0.478 e. The van der Waals surface area contributed by atoms with Crippen LogP contribution < -0.4 is 0 Å². The van der Waals surface area contributed by atoms with Crippen molar-refractivity contribution in [2.75, 3.05) is 0 Å². The van der Waals surface area contributed by atoms with E-state index in [0.717, 1.165) is 0 Å². The zero-order valence-electron chi connectivity index (χ0n) is 7.47. The van der Waals surface area contributed by atoms with E-state index in [0.29, 0.717) is 12.1 Å². The monoisotopic (exact) mass is 249 g/mol. The zero-order valence-corrected chi connectivity index (χ0v) is 8.23. The van der Waals surface area contributed by atoms with Gasteiger partial charge in [-0.1, -0.05) is 11.6 Å². The largest absolute Gasteiger partial charge is 0.478 e. The molecule has 0 saturated carbocycles. The van der Waals surface area contributed by atoms with Gasteiger partial charge < -0.3 is 5.11 Å². The molecule has 0 atom stereocenters. The Morgan fingerprint density at radius 2 is 2.00 bits per heavy atom. The lowest BCUT2D eigenvalue weighted by molar-refractivity contribution is -0.137. The Hall–Kier alpha value is -1.74. The van der Waals surface area contributed by atoms with Gasteiger partial charge in [0.2, 0.25) is 0 Å². The summed E-state index contributed by atoms with van der Waals surface area (Å²) >= 11 is 5.38. The summed E-state index contributed by atoms with van der Waals surface area (Å²) in [6.45, 7) is 0. The van der Waals surface area contributed by atoms with Gasteiger partial charge in [0.1, 0.15) is 6.07 Å². The number of halogens is 4. The summed E-state index contributed by atoms with van der Waals surface area (Å²) in [5, 5.41) is 16.6. The van der Waals surface area contributed by atoms with Crippen LogP contribution in [-0.4, -0.2) is 11.1 Å². The van der Waals surface area contributed by atoms with E-state index < -0.39 is 33.9 Å². The van der Waals surface area contributed by atoms with Gasteiger partial charge >= 0.3 is 12.1 Å². The quantitative estimate of drug-likeness (QED) is 0.832. The van der Waals surface area contributed by atoms with Crippen LogP contribution in [-0.2, 0) is 6.18 Å².